The number of nitrogens with one attached hydrogen (secondary N) is 5. The van der Waals surface area contributed by atoms with Crippen LogP contribution in [-0.4, -0.2) is 168 Å². The van der Waals surface area contributed by atoms with Crippen LogP contribution in [0.1, 0.15) is 148 Å². The van der Waals surface area contributed by atoms with Gasteiger partial charge >= 0.3 is 42.4 Å². The first-order chi connectivity index (χ1) is 40.9. The third-order valence-corrected chi connectivity index (χ3v) is 12.2. The van der Waals surface area contributed by atoms with Gasteiger partial charge in [-0.25, -0.2) is 19.2 Å². The molecule has 15 N–H and O–H groups in total. The predicted octanol–water partition coefficient (Wildman–Crippen LogP) is 6.10. The van der Waals surface area contributed by atoms with E-state index in [1.54, 1.807) is 32.9 Å². The summed E-state index contributed by atoms with van der Waals surface area (Å²) in [6, 6.07) is -0.789. The largest absolute Gasteiger partial charge is 0.490 e. The molecule has 0 aliphatic rings. The highest BCUT2D eigenvalue weighted by molar-refractivity contribution is 7.80. The molecule has 1 rings (SSSR count). The summed E-state index contributed by atoms with van der Waals surface area (Å²) in [5.74, 6) is -11.1. The average molecular weight is 1310 g/mol. The zero-order chi connectivity index (χ0) is 68.4. The Balaban J connectivity index is -0.00000290. The number of aliphatic carboxylic acids is 4. The molecular formula is C54H89F9N8O16S. The van der Waals surface area contributed by atoms with Gasteiger partial charge in [0.15, 0.2) is 11.5 Å². The number of carbonyl (C=O) groups is 9. The molecule has 0 aliphatic carbocycles. The van der Waals surface area contributed by atoms with Crippen LogP contribution in [-0.2, 0) is 38.4 Å². The highest BCUT2D eigenvalue weighted by Gasteiger charge is 2.40. The van der Waals surface area contributed by atoms with E-state index >= 15 is 0 Å². The van der Waals surface area contributed by atoms with Crippen LogP contribution in [0.2, 0.25) is 0 Å². The normalized spacial score (nSPS) is 13.0. The molecule has 34 heteroatoms. The number of hydrogen-bond donors (Lipinski definition) is 13. The molecule has 88 heavy (non-hydrogen) atoms. The lowest BCUT2D eigenvalue weighted by molar-refractivity contribution is -0.193. The minimum atomic E-state index is -5.08. The summed E-state index contributed by atoms with van der Waals surface area (Å²) in [7, 11) is 0. The molecule has 0 spiro atoms. The molecule has 0 saturated carbocycles. The first-order valence-corrected chi connectivity index (χ1v) is 28.9. The van der Waals surface area contributed by atoms with Crippen LogP contribution in [0, 0.1) is 17.8 Å². The summed E-state index contributed by atoms with van der Waals surface area (Å²) in [5, 5.41) is 44.8. The lowest BCUT2D eigenvalue weighted by atomic mass is 9.95. The summed E-state index contributed by atoms with van der Waals surface area (Å²) >= 11 is 4.28. The van der Waals surface area contributed by atoms with E-state index in [0.717, 1.165) is 51.4 Å². The molecule has 0 aliphatic heterocycles. The molecule has 0 aromatic heterocycles. The van der Waals surface area contributed by atoms with Crippen LogP contribution < -0.4 is 58.0 Å². The first kappa shape index (κ1) is 85.7. The molecule has 510 valence electrons. The van der Waals surface area contributed by atoms with Crippen LogP contribution in [0.3, 0.4) is 0 Å². The predicted molar refractivity (Wildman–Crippen MR) is 306 cm³/mol. The number of hydrogen-bond acceptors (Lipinski definition) is 16. The van der Waals surface area contributed by atoms with Gasteiger partial charge in [-0.2, -0.15) is 52.1 Å². The Morgan fingerprint density at radius 1 is 0.534 bits per heavy atom. The quantitative estimate of drug-likeness (QED) is 0.0201. The number of nitrogens with two attached hydrogens (primary N) is 3. The van der Waals surface area contributed by atoms with E-state index in [1.165, 1.54) is 0 Å². The minimum Gasteiger partial charge on any atom is -0.489 e. The molecule has 0 fully saturated rings. The third-order valence-electron chi connectivity index (χ3n) is 11.9. The molecule has 0 unspecified atom stereocenters. The van der Waals surface area contributed by atoms with Gasteiger partial charge in [0.25, 0.3) is 5.91 Å². The number of carboxylic acid groups (broad SMARTS) is 4. The molecule has 0 saturated heterocycles. The number of carboxylic acids is 4. The van der Waals surface area contributed by atoms with Crippen molar-refractivity contribution in [2.45, 2.75) is 181 Å². The number of unbranched alkanes of at least 4 members (excludes halogenated alkanes) is 8. The fourth-order valence-electron chi connectivity index (χ4n) is 6.95. The SMILES string of the molecule is CC[C@H](C)[C@H](NC(=O)[C@@H](NC(=O)[C@H](CS)NC(=O)CCCCCCCCCCCNC(=O)c1cc(OCCCN)c(OCCCN)c(OCCCN)c1)C(C)C)C(=O)N[C@@H](CC(C)C)C(=O)O.O=C(O)C(F)(F)F.O=C(O)C(F)(F)F.O=C(O)C(F)(F)F. The monoisotopic (exact) mass is 1310 g/mol. The lowest BCUT2D eigenvalue weighted by Crippen LogP contribution is -2.60. The number of alkyl halides is 9. The zero-order valence-corrected chi connectivity index (χ0v) is 51.1. The summed E-state index contributed by atoms with van der Waals surface area (Å²) in [4.78, 5) is 105. The smallest absolute Gasteiger partial charge is 0.489 e. The van der Waals surface area contributed by atoms with Crippen molar-refractivity contribution in [2.24, 2.45) is 35.0 Å². The van der Waals surface area contributed by atoms with Gasteiger partial charge < -0.3 is 78.4 Å². The fourth-order valence-corrected chi connectivity index (χ4v) is 7.21. The molecule has 24 nitrogen and oxygen atoms in total. The standard InChI is InChI=1S/C48H86N8O10S.3C2HF3O2/c1-7-34(6)42(47(61)54-36(48(62)63)28-32(2)3)56-46(60)41(33(4)5)55-45(59)37(31-67)53-40(57)20-15-13-11-9-8-10-12-14-16-24-52-44(58)35-29-38(64-25-17-21-49)43(66-27-19-23-51)39(30-35)65-26-18-22-50;3*3-2(4,5)1(6)7/h29-30,32-34,36-37,41-42,67H,7-28,31,49-51H2,1-6H3,(H,52,58)(H,53,57)(H,54,61)(H,55,59)(H,56,60)(H,62,63);3*(H,6,7)/t34-,36-,37-,41-,42-;;;/m0.../s1. The number of benzene rings is 1. The van der Waals surface area contributed by atoms with Crippen molar-refractivity contribution < 1.29 is 117 Å². The number of halogens is 9. The van der Waals surface area contributed by atoms with Gasteiger partial charge in [0.2, 0.25) is 29.4 Å². The number of rotatable bonds is 39. The molecule has 0 bridgehead atoms. The van der Waals surface area contributed by atoms with E-state index in [9.17, 15) is 73.4 Å². The van der Waals surface area contributed by atoms with E-state index in [1.807, 2.05) is 20.8 Å². The van der Waals surface area contributed by atoms with E-state index in [-0.39, 0.29) is 48.2 Å². The molecule has 1 aromatic rings. The fraction of sp³-hybridized carbons (Fsp3) is 0.722. The van der Waals surface area contributed by atoms with Crippen molar-refractivity contribution in [1.29, 1.82) is 0 Å². The minimum absolute atomic E-state index is 0.0130. The Morgan fingerprint density at radius 3 is 1.28 bits per heavy atom. The number of ether oxygens (including phenoxy) is 3. The van der Waals surface area contributed by atoms with Crippen molar-refractivity contribution in [2.75, 3.05) is 51.8 Å². The third kappa shape index (κ3) is 40.8. The summed E-state index contributed by atoms with van der Waals surface area (Å²) < 4.78 is 113. The summed E-state index contributed by atoms with van der Waals surface area (Å²) in [5.41, 5.74) is 17.4. The summed E-state index contributed by atoms with van der Waals surface area (Å²) in [6.07, 6.45) is -3.80. The molecule has 0 radical (unpaired) electrons. The van der Waals surface area contributed by atoms with Gasteiger partial charge in [-0.1, -0.05) is 92.9 Å². The molecule has 5 amide bonds. The number of amides is 5. The molecule has 5 atom stereocenters. The molecule has 0 heterocycles. The van der Waals surface area contributed by atoms with Crippen LogP contribution in [0.5, 0.6) is 17.2 Å². The second-order valence-corrected chi connectivity index (χ2v) is 20.7. The maximum absolute atomic E-state index is 13.5. The number of carbonyl (C=O) groups excluding carboxylic acids is 5. The Morgan fingerprint density at radius 2 is 0.920 bits per heavy atom. The van der Waals surface area contributed by atoms with E-state index in [4.69, 9.17) is 61.1 Å². The van der Waals surface area contributed by atoms with Gasteiger partial charge in [-0.15, -0.1) is 0 Å². The van der Waals surface area contributed by atoms with E-state index in [2.05, 4.69) is 39.2 Å². The van der Waals surface area contributed by atoms with Crippen LogP contribution >= 0.6 is 12.6 Å². The molecule has 1 aromatic carbocycles. The zero-order valence-electron chi connectivity index (χ0n) is 50.2. The van der Waals surface area contributed by atoms with Gasteiger partial charge in [0.05, 0.1) is 19.8 Å². The lowest BCUT2D eigenvalue weighted by Gasteiger charge is -2.30. The summed E-state index contributed by atoms with van der Waals surface area (Å²) in [6.45, 7) is 13.9. The Bertz CT molecular complexity index is 2160. The van der Waals surface area contributed by atoms with Crippen molar-refractivity contribution in [3.8, 4) is 17.2 Å². The Labute approximate surface area is 510 Å². The maximum atomic E-state index is 13.5. The van der Waals surface area contributed by atoms with Gasteiger partial charge in [0, 0.05) is 24.3 Å². The van der Waals surface area contributed by atoms with E-state index in [0.29, 0.717) is 101 Å². The van der Waals surface area contributed by atoms with E-state index < -0.39 is 84.3 Å². The van der Waals surface area contributed by atoms with Crippen LogP contribution in [0.25, 0.3) is 0 Å². The van der Waals surface area contributed by atoms with Crippen molar-refractivity contribution in [1.82, 2.24) is 26.6 Å². The van der Waals surface area contributed by atoms with Gasteiger partial charge in [-0.3, -0.25) is 24.0 Å². The maximum Gasteiger partial charge on any atom is 0.490 e. The highest BCUT2D eigenvalue weighted by Crippen LogP contribution is 2.39. The average Bonchev–Trinajstić information content (AvgIpc) is 2.87. The molecular weight excluding hydrogens is 1220 g/mol. The van der Waals surface area contributed by atoms with Crippen LogP contribution in [0.15, 0.2) is 12.1 Å². The highest BCUT2D eigenvalue weighted by atomic mass is 32.1. The van der Waals surface area contributed by atoms with Crippen molar-refractivity contribution in [3.05, 3.63) is 17.7 Å². The van der Waals surface area contributed by atoms with Crippen molar-refractivity contribution >= 4 is 66.0 Å². The van der Waals surface area contributed by atoms with Crippen molar-refractivity contribution in [3.63, 3.8) is 0 Å². The van der Waals surface area contributed by atoms with Gasteiger partial charge in [-0.05, 0) is 88.0 Å². The topological polar surface area (TPSA) is 400 Å². The second kappa shape index (κ2) is 46.5. The Hall–Kier alpha value is -6.55. The van der Waals surface area contributed by atoms with Crippen LogP contribution in [0.4, 0.5) is 39.5 Å². The van der Waals surface area contributed by atoms with Gasteiger partial charge in [0.1, 0.15) is 24.2 Å². The Kier molecular flexibility index (Phi) is 45.3. The second-order valence-electron chi connectivity index (χ2n) is 20.3. The number of thiol groups is 1. The first-order valence-electron chi connectivity index (χ1n) is 28.3.